The van der Waals surface area contributed by atoms with Crippen LogP contribution in [0.4, 0.5) is 0 Å². The Balaban J connectivity index is 2.85. The van der Waals surface area contributed by atoms with Crippen molar-refractivity contribution in [3.05, 3.63) is 0 Å². The normalized spacial score (nSPS) is 36.5. The molecule has 0 aromatic heterocycles. The highest BCUT2D eigenvalue weighted by Gasteiger charge is 2.52. The number of aliphatic hydroxyl groups excluding tert-OH is 1. The van der Waals surface area contributed by atoms with Gasteiger partial charge in [-0.1, -0.05) is 12.8 Å². The largest absolute Gasteiger partial charge is 0.480 e. The van der Waals surface area contributed by atoms with Crippen molar-refractivity contribution in [1.82, 2.24) is 0 Å². The summed E-state index contributed by atoms with van der Waals surface area (Å²) >= 11 is 1.48. The number of carbonyl (C=O) groups is 1. The van der Waals surface area contributed by atoms with Crippen LogP contribution in [-0.2, 0) is 4.79 Å². The molecule has 2 unspecified atom stereocenters. The van der Waals surface area contributed by atoms with Crippen LogP contribution >= 0.6 is 11.8 Å². The number of hydrogen-bond acceptors (Lipinski definition) is 4. The first kappa shape index (κ1) is 12.8. The third-order valence-corrected chi connectivity index (χ3v) is 4.90. The first-order valence-electron chi connectivity index (χ1n) is 5.23. The van der Waals surface area contributed by atoms with Gasteiger partial charge >= 0.3 is 5.97 Å². The number of carboxylic acids is 1. The van der Waals surface area contributed by atoms with Crippen molar-refractivity contribution >= 4 is 17.7 Å². The lowest BCUT2D eigenvalue weighted by molar-refractivity contribution is -0.145. The Kier molecular flexibility index (Phi) is 4.03. The molecular weight excluding hydrogens is 214 g/mol. The highest BCUT2D eigenvalue weighted by molar-refractivity contribution is 8.00. The molecule has 15 heavy (non-hydrogen) atoms. The van der Waals surface area contributed by atoms with Crippen LogP contribution in [0.25, 0.3) is 0 Å². The van der Waals surface area contributed by atoms with Crippen LogP contribution in [0.3, 0.4) is 0 Å². The summed E-state index contributed by atoms with van der Waals surface area (Å²) < 4.78 is -0.459. The predicted molar refractivity (Wildman–Crippen MR) is 61.0 cm³/mol. The van der Waals surface area contributed by atoms with Crippen molar-refractivity contribution in [3.8, 4) is 0 Å². The number of thioether (sulfide) groups is 1. The van der Waals surface area contributed by atoms with Gasteiger partial charge in [0.1, 0.15) is 5.54 Å². The third-order valence-electron chi connectivity index (χ3n) is 3.31. The predicted octanol–water partition coefficient (Wildman–Crippen LogP) is 0.827. The molecule has 88 valence electrons. The minimum absolute atomic E-state index is 0.0654. The summed E-state index contributed by atoms with van der Waals surface area (Å²) in [5.74, 6) is -0.377. The fourth-order valence-electron chi connectivity index (χ4n) is 2.16. The first-order valence-corrected chi connectivity index (χ1v) is 6.22. The Bertz CT molecular complexity index is 249. The lowest BCUT2D eigenvalue weighted by Gasteiger charge is -2.46. The number of aliphatic carboxylic acids is 1. The van der Waals surface area contributed by atoms with Crippen LogP contribution in [0, 0.1) is 0 Å². The van der Waals surface area contributed by atoms with E-state index in [1.54, 1.807) is 0 Å². The molecular formula is C10H19NO3S. The van der Waals surface area contributed by atoms with Crippen LogP contribution in [0.1, 0.15) is 32.6 Å². The molecule has 0 aromatic rings. The molecule has 1 aliphatic rings. The van der Waals surface area contributed by atoms with Gasteiger partial charge in [-0.15, -0.1) is 0 Å². The van der Waals surface area contributed by atoms with Crippen molar-refractivity contribution in [2.45, 2.75) is 42.9 Å². The van der Waals surface area contributed by atoms with E-state index in [0.717, 1.165) is 19.3 Å². The average Bonchev–Trinajstić information content (AvgIpc) is 2.20. The molecule has 0 amide bonds. The van der Waals surface area contributed by atoms with Gasteiger partial charge in [0.25, 0.3) is 0 Å². The monoisotopic (exact) mass is 233 g/mol. The number of hydrogen-bond donors (Lipinski definition) is 3. The zero-order chi connectivity index (χ0) is 11.5. The Morgan fingerprint density at radius 3 is 2.60 bits per heavy atom. The molecule has 0 saturated heterocycles. The summed E-state index contributed by atoms with van der Waals surface area (Å²) in [7, 11) is 0. The van der Waals surface area contributed by atoms with Crippen LogP contribution in [0.15, 0.2) is 0 Å². The molecule has 0 spiro atoms. The van der Waals surface area contributed by atoms with Crippen molar-refractivity contribution < 1.29 is 15.0 Å². The number of rotatable bonds is 4. The summed E-state index contributed by atoms with van der Waals surface area (Å²) in [4.78, 5) is 11.3. The molecule has 1 rings (SSSR count). The van der Waals surface area contributed by atoms with E-state index in [2.05, 4.69) is 0 Å². The molecule has 0 aromatic carbocycles. The van der Waals surface area contributed by atoms with E-state index in [0.29, 0.717) is 12.2 Å². The lowest BCUT2D eigenvalue weighted by Crippen LogP contribution is -2.64. The number of nitrogens with two attached hydrogens (primary N) is 1. The Morgan fingerprint density at radius 2 is 2.07 bits per heavy atom. The topological polar surface area (TPSA) is 83.5 Å². The average molecular weight is 233 g/mol. The maximum Gasteiger partial charge on any atom is 0.325 e. The standard InChI is InChI=1S/C10H19NO3S/c1-9(15-7-6-12)4-2-3-5-10(9,11)8(13)14/h12H,2-7,11H2,1H3,(H,13,14). The molecule has 0 aliphatic heterocycles. The van der Waals surface area contributed by atoms with Gasteiger partial charge < -0.3 is 15.9 Å². The third kappa shape index (κ3) is 2.29. The summed E-state index contributed by atoms with van der Waals surface area (Å²) in [5, 5.41) is 18.0. The van der Waals surface area contributed by atoms with Gasteiger partial charge in [-0.25, -0.2) is 0 Å². The van der Waals surface area contributed by atoms with Gasteiger partial charge in [-0.05, 0) is 19.8 Å². The lowest BCUT2D eigenvalue weighted by atomic mass is 9.73. The molecule has 0 heterocycles. The molecule has 0 radical (unpaired) electrons. The van der Waals surface area contributed by atoms with Gasteiger partial charge in [-0.3, -0.25) is 4.79 Å². The molecule has 0 bridgehead atoms. The second-order valence-electron chi connectivity index (χ2n) is 4.29. The molecule has 4 N–H and O–H groups in total. The van der Waals surface area contributed by atoms with Crippen molar-refractivity contribution in [3.63, 3.8) is 0 Å². The summed E-state index contributed by atoms with van der Waals surface area (Å²) in [6, 6.07) is 0. The van der Waals surface area contributed by atoms with Crippen LogP contribution in [0.2, 0.25) is 0 Å². The zero-order valence-electron chi connectivity index (χ0n) is 9.03. The van der Waals surface area contributed by atoms with Crippen LogP contribution in [-0.4, -0.2) is 38.8 Å². The van der Waals surface area contributed by atoms with E-state index >= 15 is 0 Å². The van der Waals surface area contributed by atoms with E-state index < -0.39 is 16.3 Å². The maximum absolute atomic E-state index is 11.3. The molecule has 1 aliphatic carbocycles. The second kappa shape index (κ2) is 4.72. The SMILES string of the molecule is CC1(SCCO)CCCCC1(N)C(=O)O. The highest BCUT2D eigenvalue weighted by atomic mass is 32.2. The van der Waals surface area contributed by atoms with E-state index in [1.165, 1.54) is 11.8 Å². The number of carboxylic acid groups (broad SMARTS) is 1. The molecule has 2 atom stereocenters. The number of aliphatic hydroxyl groups is 1. The quantitative estimate of drug-likeness (QED) is 0.670. The minimum Gasteiger partial charge on any atom is -0.480 e. The van der Waals surface area contributed by atoms with Crippen molar-refractivity contribution in [1.29, 1.82) is 0 Å². The van der Waals surface area contributed by atoms with Crippen LogP contribution in [0.5, 0.6) is 0 Å². The van der Waals surface area contributed by atoms with E-state index in [4.69, 9.17) is 10.8 Å². The Hall–Kier alpha value is -0.260. The molecule has 1 saturated carbocycles. The van der Waals surface area contributed by atoms with Gasteiger partial charge in [0.05, 0.1) is 6.61 Å². The first-order chi connectivity index (χ1) is 6.96. The summed E-state index contributed by atoms with van der Waals surface area (Å²) in [5.41, 5.74) is 4.87. The highest BCUT2D eigenvalue weighted by Crippen LogP contribution is 2.45. The van der Waals surface area contributed by atoms with Crippen molar-refractivity contribution in [2.24, 2.45) is 5.73 Å². The van der Waals surface area contributed by atoms with E-state index in [9.17, 15) is 9.90 Å². The smallest absolute Gasteiger partial charge is 0.325 e. The minimum atomic E-state index is -1.15. The fraction of sp³-hybridized carbons (Fsp3) is 0.900. The van der Waals surface area contributed by atoms with E-state index in [1.807, 2.05) is 6.92 Å². The van der Waals surface area contributed by atoms with Gasteiger partial charge in [0.2, 0.25) is 0 Å². The van der Waals surface area contributed by atoms with Gasteiger partial charge in [0, 0.05) is 10.5 Å². The second-order valence-corrected chi connectivity index (χ2v) is 5.88. The molecule has 5 heteroatoms. The zero-order valence-corrected chi connectivity index (χ0v) is 9.85. The van der Waals surface area contributed by atoms with E-state index in [-0.39, 0.29) is 6.61 Å². The molecule has 4 nitrogen and oxygen atoms in total. The van der Waals surface area contributed by atoms with Gasteiger partial charge in [-0.2, -0.15) is 11.8 Å². The summed E-state index contributed by atoms with van der Waals surface area (Å²) in [6.45, 7) is 1.97. The fourth-order valence-corrected chi connectivity index (χ4v) is 3.44. The molecule has 1 fully saturated rings. The van der Waals surface area contributed by atoms with Crippen molar-refractivity contribution in [2.75, 3.05) is 12.4 Å². The Morgan fingerprint density at radius 1 is 1.47 bits per heavy atom. The summed E-state index contributed by atoms with van der Waals surface area (Å²) in [6.07, 6.45) is 3.22. The van der Waals surface area contributed by atoms with Crippen LogP contribution < -0.4 is 5.73 Å². The van der Waals surface area contributed by atoms with Gasteiger partial charge in [0.15, 0.2) is 0 Å². The maximum atomic E-state index is 11.3. The Labute approximate surface area is 94.2 Å².